The number of nitrogens with one attached hydrogen (secondary N) is 1. The average Bonchev–Trinajstić information content (AvgIpc) is 3.09. The molecule has 106 valence electrons. The fraction of sp³-hybridized carbons (Fsp3) is 0.462. The summed E-state index contributed by atoms with van der Waals surface area (Å²) < 4.78 is 4.99. The van der Waals surface area contributed by atoms with Crippen LogP contribution in [0, 0.1) is 0 Å². The van der Waals surface area contributed by atoms with Gasteiger partial charge in [0.1, 0.15) is 4.88 Å². The lowest BCUT2D eigenvalue weighted by molar-refractivity contribution is -0.130. The Kier molecular flexibility index (Phi) is 3.43. The number of fused-ring (bicyclic) bond motifs is 1. The molecular weight excluding hydrogens is 280 g/mol. The minimum absolute atomic E-state index is 0.322. The Bertz CT molecular complexity index is 559. The van der Waals surface area contributed by atoms with Crippen LogP contribution in [0.2, 0.25) is 0 Å². The van der Waals surface area contributed by atoms with E-state index >= 15 is 0 Å². The normalized spacial score (nSPS) is 17.0. The van der Waals surface area contributed by atoms with E-state index in [1.807, 2.05) is 6.07 Å². The topological polar surface area (TPSA) is 75.7 Å². The number of esters is 1. The van der Waals surface area contributed by atoms with Crippen LogP contribution in [0.15, 0.2) is 6.07 Å². The van der Waals surface area contributed by atoms with E-state index in [2.05, 4.69) is 5.32 Å². The van der Waals surface area contributed by atoms with E-state index < -0.39 is 24.5 Å². The van der Waals surface area contributed by atoms with Crippen molar-refractivity contribution < 1.29 is 19.1 Å². The molecule has 1 aliphatic heterocycles. The first-order chi connectivity index (χ1) is 9.65. The largest absolute Gasteiger partial charge is 0.451 e. The standard InChI is InChI=1S/C13H14N2O4S/c16-11(15-5-4-14-13(15)18)7-19-12(17)10-6-8-2-1-3-9(8)20-10/h6H,1-5,7H2,(H,14,18). The molecule has 6 nitrogen and oxygen atoms in total. The number of hydrogen-bond acceptors (Lipinski definition) is 5. The third-order valence-corrected chi connectivity index (χ3v) is 4.65. The number of ether oxygens (including phenoxy) is 1. The van der Waals surface area contributed by atoms with Crippen molar-refractivity contribution in [3.05, 3.63) is 21.4 Å². The number of hydrogen-bond donors (Lipinski definition) is 1. The van der Waals surface area contributed by atoms with Gasteiger partial charge in [-0.25, -0.2) is 9.59 Å². The van der Waals surface area contributed by atoms with Gasteiger partial charge in [0.2, 0.25) is 0 Å². The van der Waals surface area contributed by atoms with Crippen LogP contribution in [0.5, 0.6) is 0 Å². The number of imide groups is 1. The Hall–Kier alpha value is -1.89. The van der Waals surface area contributed by atoms with E-state index in [9.17, 15) is 14.4 Å². The molecule has 0 atom stereocenters. The summed E-state index contributed by atoms with van der Waals surface area (Å²) >= 11 is 1.44. The maximum Gasteiger partial charge on any atom is 0.348 e. The fourth-order valence-corrected chi connectivity index (χ4v) is 3.56. The van der Waals surface area contributed by atoms with Crippen molar-refractivity contribution in [3.63, 3.8) is 0 Å². The molecule has 1 aliphatic carbocycles. The quantitative estimate of drug-likeness (QED) is 0.842. The fourth-order valence-electron chi connectivity index (χ4n) is 2.42. The number of thiophene rings is 1. The number of carbonyl (C=O) groups excluding carboxylic acids is 3. The molecule has 0 saturated carbocycles. The van der Waals surface area contributed by atoms with Gasteiger partial charge < -0.3 is 10.1 Å². The summed E-state index contributed by atoms with van der Waals surface area (Å²) in [7, 11) is 0. The summed E-state index contributed by atoms with van der Waals surface area (Å²) in [5, 5.41) is 2.52. The van der Waals surface area contributed by atoms with Gasteiger partial charge in [0.05, 0.1) is 0 Å². The molecule has 0 aromatic carbocycles. The van der Waals surface area contributed by atoms with Gasteiger partial charge in [0.25, 0.3) is 5.91 Å². The molecule has 2 heterocycles. The Morgan fingerprint density at radius 1 is 1.40 bits per heavy atom. The summed E-state index contributed by atoms with van der Waals surface area (Å²) in [6.45, 7) is 0.369. The van der Waals surface area contributed by atoms with Crippen molar-refractivity contribution in [2.45, 2.75) is 19.3 Å². The van der Waals surface area contributed by atoms with E-state index in [0.29, 0.717) is 18.0 Å². The van der Waals surface area contributed by atoms with Crippen LogP contribution >= 0.6 is 11.3 Å². The summed E-state index contributed by atoms with van der Waals surface area (Å²) in [5.41, 5.74) is 1.21. The summed E-state index contributed by atoms with van der Waals surface area (Å²) in [5.74, 6) is -0.977. The number of amides is 3. The SMILES string of the molecule is O=C(OCC(=O)N1CCNC1=O)c1cc2c(s1)CCC2. The number of urea groups is 1. The van der Waals surface area contributed by atoms with Crippen LogP contribution < -0.4 is 5.32 Å². The lowest BCUT2D eigenvalue weighted by atomic mass is 10.2. The number of carbonyl (C=O) groups is 3. The van der Waals surface area contributed by atoms with Crippen LogP contribution in [0.3, 0.4) is 0 Å². The van der Waals surface area contributed by atoms with Gasteiger partial charge in [-0.15, -0.1) is 11.3 Å². The predicted molar refractivity (Wildman–Crippen MR) is 71.7 cm³/mol. The van der Waals surface area contributed by atoms with Gasteiger partial charge in [-0.2, -0.15) is 0 Å². The molecule has 1 aromatic rings. The minimum Gasteiger partial charge on any atom is -0.451 e. The highest BCUT2D eigenvalue weighted by Gasteiger charge is 2.27. The zero-order valence-electron chi connectivity index (χ0n) is 10.8. The highest BCUT2D eigenvalue weighted by atomic mass is 32.1. The lowest BCUT2D eigenvalue weighted by Gasteiger charge is -2.11. The molecule has 0 bridgehead atoms. The van der Waals surface area contributed by atoms with E-state index in [4.69, 9.17) is 4.74 Å². The van der Waals surface area contributed by atoms with E-state index in [0.717, 1.165) is 24.2 Å². The van der Waals surface area contributed by atoms with Crippen molar-refractivity contribution >= 4 is 29.2 Å². The van der Waals surface area contributed by atoms with Gasteiger partial charge >= 0.3 is 12.0 Å². The Balaban J connectivity index is 1.56. The highest BCUT2D eigenvalue weighted by Crippen LogP contribution is 2.30. The van der Waals surface area contributed by atoms with Gasteiger partial charge in [-0.3, -0.25) is 9.69 Å². The maximum absolute atomic E-state index is 11.9. The molecule has 0 unspecified atom stereocenters. The summed E-state index contributed by atoms with van der Waals surface area (Å²) in [6.07, 6.45) is 3.16. The first kappa shape index (κ1) is 13.1. The van der Waals surface area contributed by atoms with Crippen LogP contribution in [0.4, 0.5) is 4.79 Å². The highest BCUT2D eigenvalue weighted by molar-refractivity contribution is 7.14. The second-order valence-electron chi connectivity index (χ2n) is 4.77. The second-order valence-corrected chi connectivity index (χ2v) is 5.90. The molecule has 1 saturated heterocycles. The van der Waals surface area contributed by atoms with Crippen LogP contribution in [-0.4, -0.2) is 42.5 Å². The third-order valence-electron chi connectivity index (χ3n) is 3.43. The van der Waals surface area contributed by atoms with Crippen molar-refractivity contribution in [1.29, 1.82) is 0 Å². The zero-order chi connectivity index (χ0) is 14.1. The van der Waals surface area contributed by atoms with E-state index in [-0.39, 0.29) is 0 Å². The average molecular weight is 294 g/mol. The zero-order valence-corrected chi connectivity index (χ0v) is 11.6. The first-order valence-electron chi connectivity index (χ1n) is 6.52. The molecule has 7 heteroatoms. The molecule has 3 amide bonds. The van der Waals surface area contributed by atoms with E-state index in [1.165, 1.54) is 21.8 Å². The van der Waals surface area contributed by atoms with Gasteiger partial charge in [-0.1, -0.05) is 0 Å². The van der Waals surface area contributed by atoms with Crippen LogP contribution in [0.1, 0.15) is 26.5 Å². The Morgan fingerprint density at radius 2 is 2.25 bits per heavy atom. The molecule has 3 rings (SSSR count). The van der Waals surface area contributed by atoms with Crippen LogP contribution in [0.25, 0.3) is 0 Å². The molecule has 1 N–H and O–H groups in total. The van der Waals surface area contributed by atoms with Gasteiger partial charge in [-0.05, 0) is 30.9 Å². The molecular formula is C13H14N2O4S. The third kappa shape index (κ3) is 2.40. The number of aryl methyl sites for hydroxylation is 2. The van der Waals surface area contributed by atoms with Crippen molar-refractivity contribution in [2.24, 2.45) is 0 Å². The molecule has 20 heavy (non-hydrogen) atoms. The summed E-state index contributed by atoms with van der Waals surface area (Å²) in [6, 6.07) is 1.42. The Labute approximate surface area is 119 Å². The number of rotatable bonds is 3. The van der Waals surface area contributed by atoms with Crippen LogP contribution in [-0.2, 0) is 22.4 Å². The maximum atomic E-state index is 11.9. The van der Waals surface area contributed by atoms with Crippen molar-refractivity contribution in [1.82, 2.24) is 10.2 Å². The van der Waals surface area contributed by atoms with E-state index in [1.54, 1.807) is 0 Å². The molecule has 0 spiro atoms. The number of nitrogens with zero attached hydrogens (tertiary/aromatic N) is 1. The molecule has 0 radical (unpaired) electrons. The van der Waals surface area contributed by atoms with Gasteiger partial charge in [0.15, 0.2) is 6.61 Å². The lowest BCUT2D eigenvalue weighted by Crippen LogP contribution is -2.37. The Morgan fingerprint density at radius 3 is 2.95 bits per heavy atom. The molecule has 2 aliphatic rings. The smallest absolute Gasteiger partial charge is 0.348 e. The van der Waals surface area contributed by atoms with Gasteiger partial charge in [0, 0.05) is 18.0 Å². The van der Waals surface area contributed by atoms with Crippen molar-refractivity contribution in [2.75, 3.05) is 19.7 Å². The second kappa shape index (κ2) is 5.24. The predicted octanol–water partition coefficient (Wildman–Crippen LogP) is 0.945. The minimum atomic E-state index is -0.489. The summed E-state index contributed by atoms with van der Waals surface area (Å²) in [4.78, 5) is 37.7. The first-order valence-corrected chi connectivity index (χ1v) is 7.33. The monoisotopic (exact) mass is 294 g/mol. The molecule has 1 aromatic heterocycles. The molecule has 1 fully saturated rings. The van der Waals surface area contributed by atoms with Crippen molar-refractivity contribution in [3.8, 4) is 0 Å².